The summed E-state index contributed by atoms with van der Waals surface area (Å²) in [5, 5.41) is 6.34. The zero-order valence-electron chi connectivity index (χ0n) is 16.4. The van der Waals surface area contributed by atoms with E-state index in [4.69, 9.17) is 4.74 Å². The third-order valence-electron chi connectivity index (χ3n) is 4.85. The minimum Gasteiger partial charge on any atom is -0.497 e. The average molecular weight is 388 g/mol. The maximum Gasteiger partial charge on any atom is 0.251 e. The van der Waals surface area contributed by atoms with Crippen LogP contribution in [0.3, 0.4) is 0 Å². The molecule has 0 radical (unpaired) electrons. The summed E-state index contributed by atoms with van der Waals surface area (Å²) in [5.74, 6) is 2.25. The molecule has 1 aromatic heterocycles. The van der Waals surface area contributed by atoms with Gasteiger partial charge in [0.25, 0.3) is 5.91 Å². The summed E-state index contributed by atoms with van der Waals surface area (Å²) in [7, 11) is 1.67. The van der Waals surface area contributed by atoms with Gasteiger partial charge in [-0.15, -0.1) is 0 Å². The van der Waals surface area contributed by atoms with Crippen LogP contribution in [0.4, 0.5) is 5.82 Å². The Balaban J connectivity index is 1.35. The van der Waals surface area contributed by atoms with Gasteiger partial charge in [0.05, 0.1) is 7.11 Å². The molecule has 29 heavy (non-hydrogen) atoms. The lowest BCUT2D eigenvalue weighted by atomic mass is 10.1. The summed E-state index contributed by atoms with van der Waals surface area (Å²) in [5.41, 5.74) is 2.77. The van der Waals surface area contributed by atoms with Gasteiger partial charge in [-0.3, -0.25) is 4.79 Å². The third-order valence-corrected chi connectivity index (χ3v) is 4.85. The minimum absolute atomic E-state index is 0.0195. The van der Waals surface area contributed by atoms with Crippen LogP contribution in [0.25, 0.3) is 11.4 Å². The molecular weight excluding hydrogens is 364 g/mol. The quantitative estimate of drug-likeness (QED) is 0.615. The highest BCUT2D eigenvalue weighted by Crippen LogP contribution is 2.21. The van der Waals surface area contributed by atoms with Crippen molar-refractivity contribution in [2.45, 2.75) is 25.3 Å². The number of aromatic nitrogens is 2. The van der Waals surface area contributed by atoms with Gasteiger partial charge in [0.1, 0.15) is 11.6 Å². The molecule has 0 bridgehead atoms. The van der Waals surface area contributed by atoms with E-state index in [9.17, 15) is 4.79 Å². The first-order valence-corrected chi connectivity index (χ1v) is 9.82. The number of ether oxygens (including phenoxy) is 1. The number of hydrogen-bond acceptors (Lipinski definition) is 5. The zero-order valence-corrected chi connectivity index (χ0v) is 16.4. The van der Waals surface area contributed by atoms with Gasteiger partial charge in [0.15, 0.2) is 5.82 Å². The largest absolute Gasteiger partial charge is 0.497 e. The fourth-order valence-corrected chi connectivity index (χ4v) is 2.99. The van der Waals surface area contributed by atoms with Gasteiger partial charge in [-0.25, -0.2) is 9.97 Å². The number of hydrogen-bond donors (Lipinski definition) is 2. The minimum atomic E-state index is -0.0195. The molecule has 2 N–H and O–H groups in total. The van der Waals surface area contributed by atoms with E-state index < -0.39 is 0 Å². The van der Waals surface area contributed by atoms with E-state index in [1.165, 1.54) is 5.56 Å². The SMILES string of the molecule is COc1ccc(CCNc2ccnc(-c3ccc(C(=O)NC4CC4)cc3)n2)cc1. The van der Waals surface area contributed by atoms with Crippen molar-refractivity contribution < 1.29 is 9.53 Å². The van der Waals surface area contributed by atoms with Gasteiger partial charge in [-0.1, -0.05) is 24.3 Å². The summed E-state index contributed by atoms with van der Waals surface area (Å²) < 4.78 is 5.18. The second-order valence-corrected chi connectivity index (χ2v) is 7.12. The molecule has 4 rings (SSSR count). The summed E-state index contributed by atoms with van der Waals surface area (Å²) in [4.78, 5) is 21.1. The van der Waals surface area contributed by atoms with E-state index in [0.717, 1.165) is 42.9 Å². The molecule has 1 heterocycles. The second-order valence-electron chi connectivity index (χ2n) is 7.12. The van der Waals surface area contributed by atoms with Crippen molar-refractivity contribution in [2.75, 3.05) is 19.0 Å². The number of carbonyl (C=O) groups excluding carboxylic acids is 1. The molecular formula is C23H24N4O2. The first-order valence-electron chi connectivity index (χ1n) is 9.82. The smallest absolute Gasteiger partial charge is 0.251 e. The first kappa shape index (κ1) is 18.9. The molecule has 1 saturated carbocycles. The molecule has 1 aliphatic carbocycles. The number of nitrogens with zero attached hydrogens (tertiary/aromatic N) is 2. The Kier molecular flexibility index (Phi) is 5.70. The molecule has 6 heteroatoms. The molecule has 0 atom stereocenters. The monoisotopic (exact) mass is 388 g/mol. The number of methoxy groups -OCH3 is 1. The lowest BCUT2D eigenvalue weighted by Crippen LogP contribution is -2.25. The molecule has 148 valence electrons. The molecule has 0 unspecified atom stereocenters. The van der Waals surface area contributed by atoms with Crippen LogP contribution < -0.4 is 15.4 Å². The maximum atomic E-state index is 12.1. The van der Waals surface area contributed by atoms with Gasteiger partial charge >= 0.3 is 0 Å². The van der Waals surface area contributed by atoms with Gasteiger partial charge < -0.3 is 15.4 Å². The van der Waals surface area contributed by atoms with Crippen molar-refractivity contribution in [1.82, 2.24) is 15.3 Å². The Labute approximate surface area is 170 Å². The van der Waals surface area contributed by atoms with Crippen LogP contribution >= 0.6 is 0 Å². The standard InChI is InChI=1S/C23H24N4O2/c1-29-20-10-2-16(3-11-20)12-14-24-21-13-15-25-22(27-21)17-4-6-18(7-5-17)23(28)26-19-8-9-19/h2-7,10-11,13,15,19H,8-9,12,14H2,1H3,(H,26,28)(H,24,25,27). The predicted molar refractivity (Wildman–Crippen MR) is 113 cm³/mol. The highest BCUT2D eigenvalue weighted by atomic mass is 16.5. The molecule has 0 saturated heterocycles. The molecule has 0 spiro atoms. The third kappa shape index (κ3) is 5.10. The van der Waals surface area contributed by atoms with Crippen molar-refractivity contribution in [3.8, 4) is 17.1 Å². The summed E-state index contributed by atoms with van der Waals surface area (Å²) >= 11 is 0. The van der Waals surface area contributed by atoms with Crippen LogP contribution in [0, 0.1) is 0 Å². The highest BCUT2D eigenvalue weighted by molar-refractivity contribution is 5.94. The number of amides is 1. The summed E-state index contributed by atoms with van der Waals surface area (Å²) in [6, 6.07) is 17.7. The van der Waals surface area contributed by atoms with E-state index in [2.05, 4.69) is 32.7 Å². The maximum absolute atomic E-state index is 12.1. The summed E-state index contributed by atoms with van der Waals surface area (Å²) in [6.07, 6.45) is 4.78. The van der Waals surface area contributed by atoms with Crippen LogP contribution in [0.1, 0.15) is 28.8 Å². The molecule has 1 amide bonds. The Hall–Kier alpha value is -3.41. The molecule has 1 aliphatic rings. The van der Waals surface area contributed by atoms with Crippen molar-refractivity contribution >= 4 is 11.7 Å². The van der Waals surface area contributed by atoms with Crippen molar-refractivity contribution in [2.24, 2.45) is 0 Å². The number of carbonyl (C=O) groups is 1. The van der Waals surface area contributed by atoms with Gasteiger partial charge in [0, 0.05) is 29.9 Å². The Morgan fingerprint density at radius 2 is 1.83 bits per heavy atom. The first-order chi connectivity index (χ1) is 14.2. The van der Waals surface area contributed by atoms with Gasteiger partial charge in [0.2, 0.25) is 0 Å². The second kappa shape index (κ2) is 8.73. The van der Waals surface area contributed by atoms with E-state index in [1.54, 1.807) is 13.3 Å². The highest BCUT2D eigenvalue weighted by Gasteiger charge is 2.23. The number of rotatable bonds is 8. The van der Waals surface area contributed by atoms with Gasteiger partial charge in [-0.05, 0) is 55.2 Å². The van der Waals surface area contributed by atoms with Crippen LogP contribution in [-0.4, -0.2) is 35.6 Å². The Morgan fingerprint density at radius 1 is 1.07 bits per heavy atom. The fraction of sp³-hybridized carbons (Fsp3) is 0.261. The van der Waals surface area contributed by atoms with E-state index in [0.29, 0.717) is 17.4 Å². The predicted octanol–water partition coefficient (Wildman–Crippen LogP) is 3.70. The lowest BCUT2D eigenvalue weighted by molar-refractivity contribution is 0.0951. The van der Waals surface area contributed by atoms with E-state index >= 15 is 0 Å². The molecule has 0 aliphatic heterocycles. The molecule has 1 fully saturated rings. The van der Waals surface area contributed by atoms with Crippen LogP contribution in [0.15, 0.2) is 60.8 Å². The number of nitrogens with one attached hydrogen (secondary N) is 2. The fourth-order valence-electron chi connectivity index (χ4n) is 2.99. The van der Waals surface area contributed by atoms with E-state index in [-0.39, 0.29) is 5.91 Å². The topological polar surface area (TPSA) is 76.1 Å². The van der Waals surface area contributed by atoms with Gasteiger partial charge in [-0.2, -0.15) is 0 Å². The van der Waals surface area contributed by atoms with Crippen molar-refractivity contribution in [3.63, 3.8) is 0 Å². The van der Waals surface area contributed by atoms with E-state index in [1.807, 2.05) is 42.5 Å². The van der Waals surface area contributed by atoms with Crippen molar-refractivity contribution in [3.05, 3.63) is 71.9 Å². The molecule has 3 aromatic rings. The molecule has 6 nitrogen and oxygen atoms in total. The Bertz CT molecular complexity index is 967. The zero-order chi connectivity index (χ0) is 20.1. The number of anilines is 1. The number of benzene rings is 2. The average Bonchev–Trinajstić information content (AvgIpc) is 3.58. The lowest BCUT2D eigenvalue weighted by Gasteiger charge is -2.08. The van der Waals surface area contributed by atoms with Crippen LogP contribution in [0.5, 0.6) is 5.75 Å². The Morgan fingerprint density at radius 3 is 2.52 bits per heavy atom. The van der Waals surface area contributed by atoms with Crippen LogP contribution in [-0.2, 0) is 6.42 Å². The molecule has 2 aromatic carbocycles. The normalized spacial score (nSPS) is 13.0. The van der Waals surface area contributed by atoms with Crippen molar-refractivity contribution in [1.29, 1.82) is 0 Å². The summed E-state index contributed by atoms with van der Waals surface area (Å²) in [6.45, 7) is 0.767. The van der Waals surface area contributed by atoms with Crippen LogP contribution in [0.2, 0.25) is 0 Å².